The summed E-state index contributed by atoms with van der Waals surface area (Å²) in [7, 11) is 0. The summed E-state index contributed by atoms with van der Waals surface area (Å²) < 4.78 is 5.77. The summed E-state index contributed by atoms with van der Waals surface area (Å²) >= 11 is 1.38. The van der Waals surface area contributed by atoms with Crippen LogP contribution in [-0.2, 0) is 4.79 Å². The minimum absolute atomic E-state index is 0.0775. The van der Waals surface area contributed by atoms with Crippen LogP contribution in [0, 0.1) is 5.92 Å². The minimum Gasteiger partial charge on any atom is -0.481 e. The molecule has 3 aromatic rings. The van der Waals surface area contributed by atoms with Gasteiger partial charge in [0.1, 0.15) is 17.1 Å². The van der Waals surface area contributed by atoms with Crippen molar-refractivity contribution in [3.05, 3.63) is 41.9 Å². The van der Waals surface area contributed by atoms with Crippen LogP contribution < -0.4 is 15.0 Å². The lowest BCUT2D eigenvalue weighted by Crippen LogP contribution is -2.33. The quantitative estimate of drug-likeness (QED) is 0.724. The van der Waals surface area contributed by atoms with Gasteiger partial charge >= 0.3 is 0 Å². The summed E-state index contributed by atoms with van der Waals surface area (Å²) in [5.74, 6) is 2.13. The van der Waals surface area contributed by atoms with E-state index in [1.54, 1.807) is 6.20 Å². The first-order chi connectivity index (χ1) is 13.2. The Balaban J connectivity index is 1.50. The molecule has 4 rings (SSSR count). The number of carbonyl (C=O) groups excluding carboxylic acids is 1. The van der Waals surface area contributed by atoms with Crippen molar-refractivity contribution >= 4 is 39.1 Å². The predicted molar refractivity (Wildman–Crippen MR) is 109 cm³/mol. The fraction of sp³-hybridized carbons (Fsp3) is 0.350. The zero-order valence-corrected chi connectivity index (χ0v) is 16.0. The number of pyridine rings is 1. The molecule has 1 saturated heterocycles. The first kappa shape index (κ1) is 17.7. The van der Waals surface area contributed by atoms with Crippen molar-refractivity contribution < 1.29 is 9.53 Å². The minimum atomic E-state index is -0.233. The summed E-state index contributed by atoms with van der Waals surface area (Å²) in [5.41, 5.74) is 0.788. The number of hydrogen-bond donors (Lipinski definition) is 1. The lowest BCUT2D eigenvalue weighted by atomic mass is 9.99. The first-order valence-electron chi connectivity index (χ1n) is 9.16. The molecule has 27 heavy (non-hydrogen) atoms. The van der Waals surface area contributed by atoms with Gasteiger partial charge in [0.25, 0.3) is 5.91 Å². The van der Waals surface area contributed by atoms with Gasteiger partial charge in [0, 0.05) is 30.1 Å². The number of nitrogens with one attached hydrogen (secondary N) is 1. The molecular weight excluding hydrogens is 360 g/mol. The Hall–Kier alpha value is -2.67. The maximum absolute atomic E-state index is 12.1. The van der Waals surface area contributed by atoms with Gasteiger partial charge in [-0.05, 0) is 37.0 Å². The van der Waals surface area contributed by atoms with Gasteiger partial charge < -0.3 is 9.64 Å². The molecule has 0 bridgehead atoms. The van der Waals surface area contributed by atoms with Crippen LogP contribution in [0.25, 0.3) is 10.9 Å². The average molecular weight is 382 g/mol. The molecule has 0 saturated carbocycles. The maximum Gasteiger partial charge on any atom is 0.264 e. The third-order valence-corrected chi connectivity index (χ3v) is 5.50. The largest absolute Gasteiger partial charge is 0.481 e. The van der Waals surface area contributed by atoms with Crippen molar-refractivity contribution in [2.24, 2.45) is 5.92 Å². The molecule has 0 unspecified atom stereocenters. The number of ether oxygens (including phenoxy) is 1. The van der Waals surface area contributed by atoms with Crippen molar-refractivity contribution in [1.82, 2.24) is 9.97 Å². The molecule has 140 valence electrons. The second-order valence-corrected chi connectivity index (χ2v) is 7.74. The summed E-state index contributed by atoms with van der Waals surface area (Å²) in [5, 5.41) is 6.11. The number of anilines is 2. The average Bonchev–Trinajstić information content (AvgIpc) is 3.19. The Labute approximate surface area is 162 Å². The molecule has 0 spiro atoms. The van der Waals surface area contributed by atoms with Gasteiger partial charge in [-0.1, -0.05) is 19.1 Å². The smallest absolute Gasteiger partial charge is 0.264 e. The number of rotatable bonds is 5. The fourth-order valence-electron chi connectivity index (χ4n) is 3.22. The summed E-state index contributed by atoms with van der Waals surface area (Å²) in [4.78, 5) is 23.3. The molecule has 7 heteroatoms. The third kappa shape index (κ3) is 4.19. The normalized spacial score (nSPS) is 15.1. The third-order valence-electron chi connectivity index (χ3n) is 4.81. The molecule has 1 N–H and O–H groups in total. The second-order valence-electron chi connectivity index (χ2n) is 6.84. The summed E-state index contributed by atoms with van der Waals surface area (Å²) in [6.45, 7) is 4.28. The Morgan fingerprint density at radius 1 is 1.30 bits per heavy atom. The van der Waals surface area contributed by atoms with E-state index in [4.69, 9.17) is 9.72 Å². The molecule has 1 aliphatic heterocycles. The first-order valence-corrected chi connectivity index (χ1v) is 10.0. The molecule has 6 nitrogen and oxygen atoms in total. The van der Waals surface area contributed by atoms with Crippen LogP contribution in [0.2, 0.25) is 0 Å². The van der Waals surface area contributed by atoms with E-state index in [1.165, 1.54) is 24.2 Å². The second kappa shape index (κ2) is 7.92. The van der Waals surface area contributed by atoms with E-state index >= 15 is 0 Å². The molecule has 0 atom stereocenters. The molecule has 2 aromatic heterocycles. The number of hydrogen-bond acceptors (Lipinski definition) is 6. The Kier molecular flexibility index (Phi) is 5.20. The van der Waals surface area contributed by atoms with Gasteiger partial charge in [0.15, 0.2) is 11.7 Å². The van der Waals surface area contributed by atoms with Gasteiger partial charge in [-0.2, -0.15) is 0 Å². The van der Waals surface area contributed by atoms with Gasteiger partial charge in [0.05, 0.1) is 0 Å². The van der Waals surface area contributed by atoms with Gasteiger partial charge in [-0.25, -0.2) is 9.97 Å². The SMILES string of the molecule is CC1CCN(c2ccc3cccc(OCC(=O)Nc4nccs4)c3n2)CC1. The number of nitrogens with zero attached hydrogens (tertiary/aromatic N) is 3. The van der Waals surface area contributed by atoms with Crippen LogP contribution in [-0.4, -0.2) is 35.6 Å². The van der Waals surface area contributed by atoms with Crippen LogP contribution in [0.5, 0.6) is 5.75 Å². The van der Waals surface area contributed by atoms with Crippen molar-refractivity contribution in [3.8, 4) is 5.75 Å². The van der Waals surface area contributed by atoms with Crippen LogP contribution in [0.1, 0.15) is 19.8 Å². The standard InChI is InChI=1S/C20H22N4O2S/c1-14-7-10-24(11-8-14)17-6-5-15-3-2-4-16(19(15)22-17)26-13-18(25)23-20-21-9-12-27-20/h2-6,9,12,14H,7-8,10-11,13H2,1H3,(H,21,23,25). The molecule has 1 amide bonds. The Bertz CT molecular complexity index is 921. The number of amides is 1. The molecule has 1 fully saturated rings. The number of aromatic nitrogens is 2. The Morgan fingerprint density at radius 2 is 2.15 bits per heavy atom. The number of benzene rings is 1. The zero-order chi connectivity index (χ0) is 18.6. The monoisotopic (exact) mass is 382 g/mol. The molecule has 3 heterocycles. The van der Waals surface area contributed by atoms with E-state index in [0.717, 1.165) is 35.7 Å². The lowest BCUT2D eigenvalue weighted by Gasteiger charge is -2.31. The van der Waals surface area contributed by atoms with E-state index < -0.39 is 0 Å². The van der Waals surface area contributed by atoms with Crippen molar-refractivity contribution in [2.75, 3.05) is 29.9 Å². The van der Waals surface area contributed by atoms with E-state index in [9.17, 15) is 4.79 Å². The highest BCUT2D eigenvalue weighted by Crippen LogP contribution is 2.28. The number of para-hydroxylation sites is 1. The topological polar surface area (TPSA) is 67.3 Å². The molecular formula is C20H22N4O2S. The van der Waals surface area contributed by atoms with Crippen molar-refractivity contribution in [3.63, 3.8) is 0 Å². The van der Waals surface area contributed by atoms with Crippen molar-refractivity contribution in [1.29, 1.82) is 0 Å². The van der Waals surface area contributed by atoms with Gasteiger partial charge in [-0.3, -0.25) is 10.1 Å². The van der Waals surface area contributed by atoms with Gasteiger partial charge in [-0.15, -0.1) is 11.3 Å². The van der Waals surface area contributed by atoms with E-state index in [2.05, 4.69) is 34.3 Å². The van der Waals surface area contributed by atoms with Gasteiger partial charge in [0.2, 0.25) is 0 Å². The van der Waals surface area contributed by atoms with Crippen LogP contribution in [0.4, 0.5) is 10.9 Å². The zero-order valence-electron chi connectivity index (χ0n) is 15.2. The Morgan fingerprint density at radius 3 is 2.93 bits per heavy atom. The number of piperidine rings is 1. The fourth-order valence-corrected chi connectivity index (χ4v) is 3.77. The maximum atomic E-state index is 12.1. The highest BCUT2D eigenvalue weighted by molar-refractivity contribution is 7.13. The number of fused-ring (bicyclic) bond motifs is 1. The molecule has 1 aromatic carbocycles. The lowest BCUT2D eigenvalue weighted by molar-refractivity contribution is -0.118. The summed E-state index contributed by atoms with van der Waals surface area (Å²) in [6, 6.07) is 9.91. The van der Waals surface area contributed by atoms with Crippen LogP contribution in [0.15, 0.2) is 41.9 Å². The molecule has 0 aliphatic carbocycles. The number of carbonyl (C=O) groups is 1. The highest BCUT2D eigenvalue weighted by atomic mass is 32.1. The highest BCUT2D eigenvalue weighted by Gasteiger charge is 2.18. The van der Waals surface area contributed by atoms with E-state index in [1.807, 2.05) is 23.6 Å². The van der Waals surface area contributed by atoms with Crippen LogP contribution >= 0.6 is 11.3 Å². The number of thiazole rings is 1. The van der Waals surface area contributed by atoms with Crippen LogP contribution in [0.3, 0.4) is 0 Å². The molecule has 0 radical (unpaired) electrons. The molecule has 1 aliphatic rings. The predicted octanol–water partition coefficient (Wildman–Crippen LogP) is 3.95. The van der Waals surface area contributed by atoms with E-state index in [0.29, 0.717) is 10.9 Å². The van der Waals surface area contributed by atoms with Crippen molar-refractivity contribution in [2.45, 2.75) is 19.8 Å². The van der Waals surface area contributed by atoms with E-state index in [-0.39, 0.29) is 12.5 Å². The summed E-state index contributed by atoms with van der Waals surface area (Å²) in [6.07, 6.45) is 4.03.